The van der Waals surface area contributed by atoms with E-state index < -0.39 is 17.0 Å². The second kappa shape index (κ2) is 7.82. The number of aromatic nitrogens is 3. The number of ether oxygens (including phenoxy) is 1. The number of hydrogen-bond acceptors (Lipinski definition) is 6. The second-order valence-corrected chi connectivity index (χ2v) is 6.39. The van der Waals surface area contributed by atoms with Crippen LogP contribution in [0.3, 0.4) is 0 Å². The zero-order chi connectivity index (χ0) is 17.7. The first-order valence-corrected chi connectivity index (χ1v) is 8.40. The van der Waals surface area contributed by atoms with Crippen LogP contribution in [0.1, 0.15) is 31.2 Å². The van der Waals surface area contributed by atoms with E-state index in [1.165, 1.54) is 7.11 Å². The molecule has 0 spiro atoms. The van der Waals surface area contributed by atoms with Crippen molar-refractivity contribution < 1.29 is 13.7 Å². The zero-order valence-electron chi connectivity index (χ0n) is 13.9. The Kier molecular flexibility index (Phi) is 5.80. The molecule has 0 aliphatic rings. The highest BCUT2D eigenvalue weighted by molar-refractivity contribution is 7.83. The number of anilines is 1. The van der Waals surface area contributed by atoms with Crippen molar-refractivity contribution in [3.05, 3.63) is 35.7 Å². The minimum Gasteiger partial charge on any atom is -0.467 e. The van der Waals surface area contributed by atoms with E-state index in [0.717, 1.165) is 5.56 Å². The van der Waals surface area contributed by atoms with E-state index in [4.69, 9.17) is 4.74 Å². The lowest BCUT2D eigenvalue weighted by atomic mass is 10.0. The summed E-state index contributed by atoms with van der Waals surface area (Å²) in [4.78, 5) is 24.4. The van der Waals surface area contributed by atoms with Crippen LogP contribution < -0.4 is 14.8 Å². The highest BCUT2D eigenvalue weighted by atomic mass is 32.2. The maximum Gasteiger partial charge on any atom is 0.333 e. The number of rotatable bonds is 5. The van der Waals surface area contributed by atoms with Gasteiger partial charge < -0.3 is 4.74 Å². The van der Waals surface area contributed by atoms with Gasteiger partial charge in [0.1, 0.15) is 5.82 Å². The van der Waals surface area contributed by atoms with Crippen molar-refractivity contribution in [2.45, 2.75) is 31.6 Å². The standard InChI is InChI=1S/C15H19N5O3S/c1-9(2)11-7-5-6-8-12(11)24(22)20-14(21)18-13-16-10(3)17-15(19-13)23-4/h5-9H,1-4H3,(H2,16,17,18,19,20,21). The lowest BCUT2D eigenvalue weighted by Crippen LogP contribution is -2.31. The minimum absolute atomic E-state index is 0.0194. The maximum atomic E-state index is 12.4. The molecule has 0 aliphatic carbocycles. The first-order valence-electron chi connectivity index (χ1n) is 7.25. The Morgan fingerprint density at radius 1 is 1.21 bits per heavy atom. The summed E-state index contributed by atoms with van der Waals surface area (Å²) < 4.78 is 19.7. The van der Waals surface area contributed by atoms with Crippen LogP contribution >= 0.6 is 0 Å². The molecule has 0 aliphatic heterocycles. The molecule has 24 heavy (non-hydrogen) atoms. The van der Waals surface area contributed by atoms with Crippen LogP contribution in [0, 0.1) is 6.92 Å². The normalized spacial score (nSPS) is 11.9. The summed E-state index contributed by atoms with van der Waals surface area (Å²) >= 11 is 0. The summed E-state index contributed by atoms with van der Waals surface area (Å²) in [7, 11) is -0.283. The third kappa shape index (κ3) is 4.48. The molecule has 1 atom stereocenters. The summed E-state index contributed by atoms with van der Waals surface area (Å²) in [6, 6.07) is 6.66. The van der Waals surface area contributed by atoms with E-state index >= 15 is 0 Å². The topological polar surface area (TPSA) is 106 Å². The van der Waals surface area contributed by atoms with Gasteiger partial charge in [-0.1, -0.05) is 32.0 Å². The molecule has 9 heteroatoms. The van der Waals surface area contributed by atoms with Crippen molar-refractivity contribution in [3.8, 4) is 6.01 Å². The molecule has 1 aromatic heterocycles. The Balaban J connectivity index is 2.10. The quantitative estimate of drug-likeness (QED) is 0.857. The molecule has 2 amide bonds. The predicted octanol–water partition coefficient (Wildman–Crippen LogP) is 2.16. The average Bonchev–Trinajstić information content (AvgIpc) is 2.53. The van der Waals surface area contributed by atoms with Gasteiger partial charge in [0.2, 0.25) is 5.95 Å². The SMILES string of the molecule is COc1nc(C)nc(NC(=O)NS(=O)c2ccccc2C(C)C)n1. The Morgan fingerprint density at radius 3 is 2.58 bits per heavy atom. The number of aryl methyl sites for hydroxylation is 1. The number of hydrogen-bond donors (Lipinski definition) is 2. The van der Waals surface area contributed by atoms with Crippen LogP contribution in [0.15, 0.2) is 29.2 Å². The fourth-order valence-electron chi connectivity index (χ4n) is 2.00. The monoisotopic (exact) mass is 349 g/mol. The van der Waals surface area contributed by atoms with Gasteiger partial charge in [0, 0.05) is 0 Å². The van der Waals surface area contributed by atoms with Crippen LogP contribution in [-0.4, -0.2) is 32.3 Å². The number of urea groups is 1. The molecule has 2 N–H and O–H groups in total. The van der Waals surface area contributed by atoms with Crippen LogP contribution in [-0.2, 0) is 11.0 Å². The molecule has 0 saturated carbocycles. The first kappa shape index (κ1) is 17.8. The van der Waals surface area contributed by atoms with Gasteiger partial charge in [0.25, 0.3) is 0 Å². The number of nitrogens with zero attached hydrogens (tertiary/aromatic N) is 3. The van der Waals surface area contributed by atoms with Crippen molar-refractivity contribution in [2.75, 3.05) is 12.4 Å². The summed E-state index contributed by atoms with van der Waals surface area (Å²) in [5, 5.41) is 2.42. The number of benzene rings is 1. The molecule has 0 fully saturated rings. The van der Waals surface area contributed by atoms with Crippen LogP contribution in [0.4, 0.5) is 10.7 Å². The number of carbonyl (C=O) groups is 1. The molecule has 1 unspecified atom stereocenters. The van der Waals surface area contributed by atoms with Gasteiger partial charge >= 0.3 is 12.0 Å². The summed E-state index contributed by atoms with van der Waals surface area (Å²) in [6.45, 7) is 5.64. The van der Waals surface area contributed by atoms with E-state index in [1.54, 1.807) is 19.1 Å². The fraction of sp³-hybridized carbons (Fsp3) is 0.333. The van der Waals surface area contributed by atoms with Crippen molar-refractivity contribution in [3.63, 3.8) is 0 Å². The van der Waals surface area contributed by atoms with E-state index in [2.05, 4.69) is 25.0 Å². The third-order valence-electron chi connectivity index (χ3n) is 3.06. The Morgan fingerprint density at radius 2 is 1.92 bits per heavy atom. The molecule has 0 saturated heterocycles. The predicted molar refractivity (Wildman–Crippen MR) is 90.2 cm³/mol. The highest BCUT2D eigenvalue weighted by Crippen LogP contribution is 2.21. The molecular formula is C15H19N5O3S. The molecule has 128 valence electrons. The smallest absolute Gasteiger partial charge is 0.333 e. The molecule has 0 radical (unpaired) electrons. The van der Waals surface area contributed by atoms with E-state index in [1.807, 2.05) is 26.0 Å². The highest BCUT2D eigenvalue weighted by Gasteiger charge is 2.15. The summed E-state index contributed by atoms with van der Waals surface area (Å²) in [5.41, 5.74) is 0.911. The van der Waals surface area contributed by atoms with Crippen molar-refractivity contribution in [1.29, 1.82) is 0 Å². The molecule has 2 rings (SSSR count). The van der Waals surface area contributed by atoms with E-state index in [0.29, 0.717) is 10.7 Å². The average molecular weight is 349 g/mol. The number of nitrogens with one attached hydrogen (secondary N) is 2. The number of methoxy groups -OCH3 is 1. The molecular weight excluding hydrogens is 330 g/mol. The summed E-state index contributed by atoms with van der Waals surface area (Å²) in [6.07, 6.45) is 0. The van der Waals surface area contributed by atoms with Gasteiger partial charge in [-0.25, -0.2) is 9.00 Å². The first-order chi connectivity index (χ1) is 11.4. The van der Waals surface area contributed by atoms with Crippen LogP contribution in [0.25, 0.3) is 0 Å². The Hall–Kier alpha value is -2.55. The van der Waals surface area contributed by atoms with Gasteiger partial charge in [-0.05, 0) is 24.5 Å². The van der Waals surface area contributed by atoms with Gasteiger partial charge in [-0.2, -0.15) is 15.0 Å². The van der Waals surface area contributed by atoms with Gasteiger partial charge in [-0.15, -0.1) is 0 Å². The molecule has 1 aromatic carbocycles. The van der Waals surface area contributed by atoms with Gasteiger partial charge in [0.05, 0.1) is 12.0 Å². The minimum atomic E-state index is -1.70. The fourth-order valence-corrected chi connectivity index (χ4v) is 3.05. The molecule has 0 bridgehead atoms. The maximum absolute atomic E-state index is 12.4. The third-order valence-corrected chi connectivity index (χ3v) is 4.20. The molecule has 2 aromatic rings. The zero-order valence-corrected chi connectivity index (χ0v) is 14.7. The second-order valence-electron chi connectivity index (χ2n) is 5.21. The van der Waals surface area contributed by atoms with Gasteiger partial charge in [-0.3, -0.25) is 10.0 Å². The lowest BCUT2D eigenvalue weighted by molar-refractivity contribution is 0.256. The van der Waals surface area contributed by atoms with Gasteiger partial charge in [0.15, 0.2) is 11.0 Å². The largest absolute Gasteiger partial charge is 0.467 e. The Bertz CT molecular complexity index is 767. The molecule has 1 heterocycles. The number of amides is 2. The van der Waals surface area contributed by atoms with Crippen molar-refractivity contribution in [2.24, 2.45) is 0 Å². The Labute approximate surface area is 142 Å². The van der Waals surface area contributed by atoms with E-state index in [-0.39, 0.29) is 17.9 Å². The van der Waals surface area contributed by atoms with Crippen LogP contribution in [0.5, 0.6) is 6.01 Å². The number of carbonyl (C=O) groups excluding carboxylic acids is 1. The van der Waals surface area contributed by atoms with Crippen molar-refractivity contribution >= 4 is 23.0 Å². The van der Waals surface area contributed by atoms with Crippen molar-refractivity contribution in [1.82, 2.24) is 19.7 Å². The summed E-state index contributed by atoms with van der Waals surface area (Å²) in [5.74, 6) is 0.597. The lowest BCUT2D eigenvalue weighted by Gasteiger charge is -2.12. The molecule has 8 nitrogen and oxygen atoms in total. The van der Waals surface area contributed by atoms with Crippen LogP contribution in [0.2, 0.25) is 0 Å². The van der Waals surface area contributed by atoms with E-state index in [9.17, 15) is 9.00 Å².